The first kappa shape index (κ1) is 16.3. The number of aromatic nitrogens is 3. The topological polar surface area (TPSA) is 73.8 Å². The zero-order chi connectivity index (χ0) is 18.3. The van der Waals surface area contributed by atoms with Crippen molar-refractivity contribution >= 4 is 28.5 Å². The quantitative estimate of drug-likeness (QED) is 0.527. The van der Waals surface area contributed by atoms with Crippen LogP contribution in [0.15, 0.2) is 60.7 Å². The molecule has 0 fully saturated rings. The summed E-state index contributed by atoms with van der Waals surface area (Å²) in [5, 5.41) is 5.58. The molecule has 5 nitrogen and oxygen atoms in total. The minimum atomic E-state index is -0.678. The highest BCUT2D eigenvalue weighted by Crippen LogP contribution is 2.32. The van der Waals surface area contributed by atoms with E-state index in [2.05, 4.69) is 10.1 Å². The zero-order valence-corrected chi connectivity index (χ0v) is 14.7. The molecule has 0 spiro atoms. The van der Waals surface area contributed by atoms with Crippen LogP contribution in [0, 0.1) is 6.92 Å². The second-order valence-electron chi connectivity index (χ2n) is 6.05. The molecule has 6 heteroatoms. The molecule has 2 aromatic carbocycles. The lowest BCUT2D eigenvalue weighted by atomic mass is 10.1. The zero-order valence-electron chi connectivity index (χ0n) is 14.0. The predicted octanol–water partition coefficient (Wildman–Crippen LogP) is 4.65. The third kappa shape index (κ3) is 2.82. The van der Waals surface area contributed by atoms with Gasteiger partial charge in [0.05, 0.1) is 16.9 Å². The van der Waals surface area contributed by atoms with Crippen LogP contribution in [0.5, 0.6) is 0 Å². The standard InChI is InChI=1S/C20H15ClN4O/c1-12-7-8-16-14(9-12)10-15(19(21)23-16)18-11-17(24-25(18)20(22)26)13-5-3-2-4-6-13/h2-11H,1H3,(H2,22,26). The maximum atomic E-state index is 11.9. The van der Waals surface area contributed by atoms with E-state index in [0.29, 0.717) is 22.1 Å². The highest BCUT2D eigenvalue weighted by Gasteiger charge is 2.18. The van der Waals surface area contributed by atoms with Gasteiger partial charge in [-0.25, -0.2) is 9.78 Å². The maximum absolute atomic E-state index is 11.9. The van der Waals surface area contributed by atoms with E-state index in [1.165, 1.54) is 0 Å². The highest BCUT2D eigenvalue weighted by molar-refractivity contribution is 6.32. The Bertz CT molecular complexity index is 1140. The first-order valence-corrected chi connectivity index (χ1v) is 8.43. The highest BCUT2D eigenvalue weighted by atomic mass is 35.5. The van der Waals surface area contributed by atoms with E-state index in [-0.39, 0.29) is 0 Å². The van der Waals surface area contributed by atoms with Gasteiger partial charge in [-0.15, -0.1) is 0 Å². The molecule has 0 bridgehead atoms. The molecule has 2 aromatic heterocycles. The van der Waals surface area contributed by atoms with Crippen LogP contribution in [-0.4, -0.2) is 20.8 Å². The monoisotopic (exact) mass is 362 g/mol. The first-order chi connectivity index (χ1) is 12.5. The largest absolute Gasteiger partial charge is 0.350 e. The van der Waals surface area contributed by atoms with Crippen LogP contribution in [0.25, 0.3) is 33.4 Å². The number of hydrogen-bond donors (Lipinski definition) is 1. The fourth-order valence-corrected chi connectivity index (χ4v) is 3.19. The molecule has 1 amide bonds. The van der Waals surface area contributed by atoms with Gasteiger partial charge in [-0.05, 0) is 31.2 Å². The van der Waals surface area contributed by atoms with Gasteiger partial charge in [-0.3, -0.25) is 0 Å². The molecule has 2 heterocycles. The van der Waals surface area contributed by atoms with Crippen molar-refractivity contribution in [3.63, 3.8) is 0 Å². The van der Waals surface area contributed by atoms with Gasteiger partial charge in [0.1, 0.15) is 5.15 Å². The summed E-state index contributed by atoms with van der Waals surface area (Å²) in [5.41, 5.74) is 10.1. The van der Waals surface area contributed by atoms with E-state index in [9.17, 15) is 4.79 Å². The van der Waals surface area contributed by atoms with Crippen molar-refractivity contribution in [1.29, 1.82) is 0 Å². The number of nitrogens with two attached hydrogens (primary N) is 1. The molecule has 0 saturated carbocycles. The second kappa shape index (κ2) is 6.28. The molecule has 0 saturated heterocycles. The average Bonchev–Trinajstić information content (AvgIpc) is 3.08. The molecule has 128 valence electrons. The molecule has 0 radical (unpaired) electrons. The van der Waals surface area contributed by atoms with E-state index in [4.69, 9.17) is 17.3 Å². The number of aryl methyl sites for hydroxylation is 1. The number of amides is 1. The minimum Gasteiger partial charge on any atom is -0.350 e. The van der Waals surface area contributed by atoms with Gasteiger partial charge in [0.15, 0.2) is 0 Å². The van der Waals surface area contributed by atoms with Crippen molar-refractivity contribution < 1.29 is 4.79 Å². The molecule has 4 aromatic rings. The van der Waals surface area contributed by atoms with Gasteiger partial charge in [0.2, 0.25) is 0 Å². The van der Waals surface area contributed by atoms with Crippen LogP contribution in [0.3, 0.4) is 0 Å². The normalized spacial score (nSPS) is 11.0. The lowest BCUT2D eigenvalue weighted by molar-refractivity contribution is 0.248. The third-order valence-corrected chi connectivity index (χ3v) is 4.48. The minimum absolute atomic E-state index is 0.295. The van der Waals surface area contributed by atoms with Gasteiger partial charge < -0.3 is 5.73 Å². The van der Waals surface area contributed by atoms with Crippen LogP contribution < -0.4 is 5.73 Å². The molecule has 2 N–H and O–H groups in total. The Morgan fingerprint density at radius 1 is 1.08 bits per heavy atom. The van der Waals surface area contributed by atoms with E-state index >= 15 is 0 Å². The smallest absolute Gasteiger partial charge is 0.340 e. The fraction of sp³-hybridized carbons (Fsp3) is 0.0500. The number of benzene rings is 2. The number of pyridine rings is 1. The molecule has 0 atom stereocenters. The van der Waals surface area contributed by atoms with Crippen LogP contribution in [0.2, 0.25) is 5.15 Å². The fourth-order valence-electron chi connectivity index (χ4n) is 2.94. The predicted molar refractivity (Wildman–Crippen MR) is 103 cm³/mol. The molecular weight excluding hydrogens is 348 g/mol. The van der Waals surface area contributed by atoms with Gasteiger partial charge >= 0.3 is 6.03 Å². The SMILES string of the molecule is Cc1ccc2nc(Cl)c(-c3cc(-c4ccccc4)nn3C(N)=O)cc2c1. The van der Waals surface area contributed by atoms with Crippen molar-refractivity contribution in [2.75, 3.05) is 0 Å². The molecular formula is C20H15ClN4O. The lowest BCUT2D eigenvalue weighted by Crippen LogP contribution is -2.21. The van der Waals surface area contributed by atoms with Crippen LogP contribution in [0.1, 0.15) is 5.56 Å². The number of primary amides is 1. The van der Waals surface area contributed by atoms with E-state index < -0.39 is 6.03 Å². The summed E-state index contributed by atoms with van der Waals surface area (Å²) in [6, 6.07) is 18.5. The van der Waals surface area contributed by atoms with Crippen molar-refractivity contribution in [2.45, 2.75) is 6.92 Å². The number of fused-ring (bicyclic) bond motifs is 1. The van der Waals surface area contributed by atoms with Gasteiger partial charge in [-0.1, -0.05) is 53.6 Å². The summed E-state index contributed by atoms with van der Waals surface area (Å²) >= 11 is 6.41. The maximum Gasteiger partial charge on any atom is 0.340 e. The number of carbonyl (C=O) groups excluding carboxylic acids is 1. The number of hydrogen-bond acceptors (Lipinski definition) is 3. The Morgan fingerprint density at radius 2 is 1.85 bits per heavy atom. The van der Waals surface area contributed by atoms with Crippen molar-refractivity contribution in [1.82, 2.24) is 14.8 Å². The Labute approximate surface area is 155 Å². The average molecular weight is 363 g/mol. The van der Waals surface area contributed by atoms with Gasteiger partial charge in [0.25, 0.3) is 0 Å². The molecule has 0 aliphatic heterocycles. The van der Waals surface area contributed by atoms with Crippen molar-refractivity contribution in [2.24, 2.45) is 5.73 Å². The Kier molecular flexibility index (Phi) is 3.93. The van der Waals surface area contributed by atoms with Crippen molar-refractivity contribution in [3.05, 3.63) is 71.4 Å². The number of carbonyl (C=O) groups is 1. The molecule has 0 aliphatic carbocycles. The Balaban J connectivity index is 1.95. The Hall–Kier alpha value is -3.18. The number of nitrogens with zero attached hydrogens (tertiary/aromatic N) is 3. The van der Waals surface area contributed by atoms with Crippen LogP contribution in [-0.2, 0) is 0 Å². The van der Waals surface area contributed by atoms with Crippen LogP contribution in [0.4, 0.5) is 4.79 Å². The summed E-state index contributed by atoms with van der Waals surface area (Å²) in [7, 11) is 0. The molecule has 4 rings (SSSR count). The van der Waals surface area contributed by atoms with E-state index in [1.807, 2.05) is 61.5 Å². The summed E-state index contributed by atoms with van der Waals surface area (Å²) in [5.74, 6) is 0. The number of halogens is 1. The molecule has 0 aliphatic rings. The summed E-state index contributed by atoms with van der Waals surface area (Å²) < 4.78 is 1.16. The van der Waals surface area contributed by atoms with Crippen molar-refractivity contribution in [3.8, 4) is 22.5 Å². The Morgan fingerprint density at radius 3 is 2.58 bits per heavy atom. The van der Waals surface area contributed by atoms with Crippen LogP contribution >= 0.6 is 11.6 Å². The summed E-state index contributed by atoms with van der Waals surface area (Å²) in [4.78, 5) is 16.4. The van der Waals surface area contributed by atoms with E-state index in [1.54, 1.807) is 6.07 Å². The first-order valence-electron chi connectivity index (χ1n) is 8.05. The second-order valence-corrected chi connectivity index (χ2v) is 6.41. The summed E-state index contributed by atoms with van der Waals surface area (Å²) in [6.07, 6.45) is 0. The lowest BCUT2D eigenvalue weighted by Gasteiger charge is -2.07. The van der Waals surface area contributed by atoms with Gasteiger partial charge in [0, 0.05) is 16.5 Å². The third-order valence-electron chi connectivity index (χ3n) is 4.19. The molecule has 0 unspecified atom stereocenters. The van der Waals surface area contributed by atoms with Gasteiger partial charge in [-0.2, -0.15) is 9.78 Å². The summed E-state index contributed by atoms with van der Waals surface area (Å²) in [6.45, 7) is 2.01. The number of rotatable bonds is 2. The molecule has 26 heavy (non-hydrogen) atoms. The van der Waals surface area contributed by atoms with E-state index in [0.717, 1.165) is 26.7 Å².